The predicted octanol–water partition coefficient (Wildman–Crippen LogP) is 1.19. The molecule has 1 nitrogen and oxygen atoms in total. The highest BCUT2D eigenvalue weighted by Gasteiger charge is 1.87. The maximum atomic E-state index is 8.41. The summed E-state index contributed by atoms with van der Waals surface area (Å²) in [7, 11) is 0. The summed E-state index contributed by atoms with van der Waals surface area (Å²) in [6.07, 6.45) is 3.92. The molecule has 0 aromatic carbocycles. The number of allylic oxidation sites excluding steroid dienone is 1. The number of aliphatic hydroxyl groups excluding tert-OH is 1. The summed E-state index contributed by atoms with van der Waals surface area (Å²) < 4.78 is 0. The van der Waals surface area contributed by atoms with E-state index < -0.39 is 0 Å². The zero-order chi connectivity index (χ0) is 5.70. The molecule has 1 N–H and O–H groups in total. The Morgan fingerprint density at radius 2 is 2.29 bits per heavy atom. The van der Waals surface area contributed by atoms with E-state index in [9.17, 15) is 0 Å². The molecule has 0 aliphatic rings. The first kappa shape index (κ1) is 6.70. The molecule has 0 bridgehead atoms. The summed E-state index contributed by atoms with van der Waals surface area (Å²) in [5.41, 5.74) is 0. The highest BCUT2D eigenvalue weighted by atomic mass is 16.3. The standard InChI is InChI=1S/C6H12O/c1-3-4-6(2)5-7/h3-4,6-7H,5H2,1-2H3. The van der Waals surface area contributed by atoms with Crippen molar-refractivity contribution in [3.8, 4) is 0 Å². The minimum Gasteiger partial charge on any atom is -0.396 e. The van der Waals surface area contributed by atoms with Crippen LogP contribution in [0.5, 0.6) is 0 Å². The van der Waals surface area contributed by atoms with Crippen LogP contribution in [0.25, 0.3) is 0 Å². The zero-order valence-electron chi connectivity index (χ0n) is 4.89. The molecule has 0 amide bonds. The Kier molecular flexibility index (Phi) is 3.71. The van der Waals surface area contributed by atoms with Gasteiger partial charge in [-0.1, -0.05) is 19.1 Å². The average Bonchev–Trinajstić information content (AvgIpc) is 1.68. The Morgan fingerprint density at radius 3 is 2.43 bits per heavy atom. The van der Waals surface area contributed by atoms with Crippen LogP contribution in [-0.2, 0) is 0 Å². The van der Waals surface area contributed by atoms with Crippen molar-refractivity contribution in [1.29, 1.82) is 0 Å². The highest BCUT2D eigenvalue weighted by Crippen LogP contribution is 1.92. The summed E-state index contributed by atoms with van der Waals surface area (Å²) >= 11 is 0. The van der Waals surface area contributed by atoms with E-state index in [2.05, 4.69) is 0 Å². The van der Waals surface area contributed by atoms with E-state index >= 15 is 0 Å². The Hall–Kier alpha value is -0.300. The van der Waals surface area contributed by atoms with E-state index in [0.717, 1.165) is 0 Å². The van der Waals surface area contributed by atoms with Crippen LogP contribution in [0.15, 0.2) is 12.2 Å². The summed E-state index contributed by atoms with van der Waals surface area (Å²) in [5.74, 6) is 0.324. The maximum absolute atomic E-state index is 8.41. The molecule has 1 heteroatoms. The topological polar surface area (TPSA) is 20.2 Å². The van der Waals surface area contributed by atoms with Gasteiger partial charge in [0, 0.05) is 6.61 Å². The lowest BCUT2D eigenvalue weighted by atomic mass is 10.2. The second-order valence-corrected chi connectivity index (χ2v) is 1.69. The first-order valence-corrected chi connectivity index (χ1v) is 2.55. The predicted molar refractivity (Wildman–Crippen MR) is 31.1 cm³/mol. The van der Waals surface area contributed by atoms with Gasteiger partial charge in [-0.25, -0.2) is 0 Å². The van der Waals surface area contributed by atoms with Gasteiger partial charge in [0.25, 0.3) is 0 Å². The van der Waals surface area contributed by atoms with Crippen LogP contribution in [0.4, 0.5) is 0 Å². The summed E-state index contributed by atoms with van der Waals surface area (Å²) in [5, 5.41) is 8.41. The second kappa shape index (κ2) is 3.88. The van der Waals surface area contributed by atoms with Crippen LogP contribution in [0.1, 0.15) is 13.8 Å². The van der Waals surface area contributed by atoms with Crippen molar-refractivity contribution >= 4 is 0 Å². The molecule has 7 heavy (non-hydrogen) atoms. The van der Waals surface area contributed by atoms with Crippen LogP contribution in [0, 0.1) is 5.92 Å². The fourth-order valence-corrected chi connectivity index (χ4v) is 0.389. The van der Waals surface area contributed by atoms with Gasteiger partial charge in [-0.15, -0.1) is 0 Å². The first-order valence-electron chi connectivity index (χ1n) is 2.55. The van der Waals surface area contributed by atoms with Gasteiger partial charge in [0.15, 0.2) is 0 Å². The highest BCUT2D eigenvalue weighted by molar-refractivity contribution is 4.81. The Balaban J connectivity index is 3.16. The Bertz CT molecular complexity index is 57.2. The molecule has 0 aliphatic heterocycles. The monoisotopic (exact) mass is 100 g/mol. The van der Waals surface area contributed by atoms with Crippen LogP contribution in [-0.4, -0.2) is 11.7 Å². The zero-order valence-corrected chi connectivity index (χ0v) is 4.89. The van der Waals surface area contributed by atoms with E-state index in [1.807, 2.05) is 26.0 Å². The molecule has 0 saturated heterocycles. The van der Waals surface area contributed by atoms with Crippen molar-refractivity contribution in [3.05, 3.63) is 12.2 Å². The van der Waals surface area contributed by atoms with Crippen molar-refractivity contribution in [2.24, 2.45) is 5.92 Å². The van der Waals surface area contributed by atoms with Crippen molar-refractivity contribution in [1.82, 2.24) is 0 Å². The summed E-state index contributed by atoms with van der Waals surface area (Å²) in [4.78, 5) is 0. The number of hydrogen-bond acceptors (Lipinski definition) is 1. The molecular weight excluding hydrogens is 88.1 g/mol. The average molecular weight is 100 g/mol. The van der Waals surface area contributed by atoms with Gasteiger partial charge in [-0.2, -0.15) is 0 Å². The van der Waals surface area contributed by atoms with Gasteiger partial charge < -0.3 is 5.11 Å². The lowest BCUT2D eigenvalue weighted by Crippen LogP contribution is -1.93. The SMILES string of the molecule is CC=CC(C)CO. The minimum absolute atomic E-state index is 0.254. The third-order valence-corrected chi connectivity index (χ3v) is 0.809. The molecule has 0 spiro atoms. The summed E-state index contributed by atoms with van der Waals surface area (Å²) in [6.45, 7) is 4.18. The fourth-order valence-electron chi connectivity index (χ4n) is 0.389. The summed E-state index contributed by atoms with van der Waals surface area (Å²) in [6, 6.07) is 0. The number of hydrogen-bond donors (Lipinski definition) is 1. The molecule has 0 aromatic rings. The van der Waals surface area contributed by atoms with E-state index in [1.54, 1.807) is 0 Å². The van der Waals surface area contributed by atoms with Gasteiger partial charge in [0.2, 0.25) is 0 Å². The van der Waals surface area contributed by atoms with Crippen molar-refractivity contribution < 1.29 is 5.11 Å². The lowest BCUT2D eigenvalue weighted by Gasteiger charge is -1.95. The molecule has 0 aromatic heterocycles. The van der Waals surface area contributed by atoms with Crippen molar-refractivity contribution in [2.45, 2.75) is 13.8 Å². The second-order valence-electron chi connectivity index (χ2n) is 1.69. The molecule has 0 saturated carbocycles. The smallest absolute Gasteiger partial charge is 0.0491 e. The Morgan fingerprint density at radius 1 is 1.71 bits per heavy atom. The van der Waals surface area contributed by atoms with E-state index in [4.69, 9.17) is 5.11 Å². The van der Waals surface area contributed by atoms with Gasteiger partial charge in [-0.3, -0.25) is 0 Å². The van der Waals surface area contributed by atoms with Gasteiger partial charge in [0.1, 0.15) is 0 Å². The fraction of sp³-hybridized carbons (Fsp3) is 0.667. The normalized spacial score (nSPS) is 15.3. The van der Waals surface area contributed by atoms with Gasteiger partial charge >= 0.3 is 0 Å². The first-order chi connectivity index (χ1) is 3.31. The van der Waals surface area contributed by atoms with Crippen LogP contribution in [0.2, 0.25) is 0 Å². The van der Waals surface area contributed by atoms with Gasteiger partial charge in [-0.05, 0) is 12.8 Å². The van der Waals surface area contributed by atoms with Crippen molar-refractivity contribution in [2.75, 3.05) is 6.61 Å². The Labute approximate surface area is 44.7 Å². The van der Waals surface area contributed by atoms with Crippen LogP contribution >= 0.6 is 0 Å². The lowest BCUT2D eigenvalue weighted by molar-refractivity contribution is 0.262. The van der Waals surface area contributed by atoms with Crippen molar-refractivity contribution in [3.63, 3.8) is 0 Å². The van der Waals surface area contributed by atoms with Gasteiger partial charge in [0.05, 0.1) is 0 Å². The molecule has 0 rings (SSSR count). The maximum Gasteiger partial charge on any atom is 0.0491 e. The van der Waals surface area contributed by atoms with Crippen LogP contribution < -0.4 is 0 Å². The molecule has 1 unspecified atom stereocenters. The third-order valence-electron chi connectivity index (χ3n) is 0.809. The number of aliphatic hydroxyl groups is 1. The van der Waals surface area contributed by atoms with E-state index in [-0.39, 0.29) is 6.61 Å². The molecule has 42 valence electrons. The molecule has 0 heterocycles. The largest absolute Gasteiger partial charge is 0.396 e. The quantitative estimate of drug-likeness (QED) is 0.517. The molecule has 0 fully saturated rings. The third kappa shape index (κ3) is 3.53. The molecule has 0 aliphatic carbocycles. The molecular formula is C6H12O. The minimum atomic E-state index is 0.254. The number of rotatable bonds is 2. The van der Waals surface area contributed by atoms with E-state index in [0.29, 0.717) is 5.92 Å². The van der Waals surface area contributed by atoms with Crippen LogP contribution in [0.3, 0.4) is 0 Å². The van der Waals surface area contributed by atoms with E-state index in [1.165, 1.54) is 0 Å². The molecule has 1 atom stereocenters. The molecule has 0 radical (unpaired) electrons.